The Kier molecular flexibility index (Phi) is 8.83. The van der Waals surface area contributed by atoms with E-state index in [-0.39, 0.29) is 18.2 Å². The number of hydrogen-bond donors (Lipinski definition) is 5. The Balaban J connectivity index is 1.54. The maximum atomic E-state index is 13.4. The quantitative estimate of drug-likeness (QED) is 0.130. The molecule has 5 N–H and O–H groups in total. The van der Waals surface area contributed by atoms with Crippen LogP contribution in [0.15, 0.2) is 77.6 Å². The van der Waals surface area contributed by atoms with Crippen molar-refractivity contribution in [1.82, 2.24) is 19.5 Å². The van der Waals surface area contributed by atoms with E-state index in [9.17, 15) is 15.0 Å². The van der Waals surface area contributed by atoms with Gasteiger partial charge in [0.15, 0.2) is 0 Å². The number of nitrogens with zero attached hydrogens (tertiary/aromatic N) is 2. The summed E-state index contributed by atoms with van der Waals surface area (Å²) < 4.78 is 7.78. The smallest absolute Gasteiger partial charge is 0.329 e. The molecule has 0 bridgehead atoms. The van der Waals surface area contributed by atoms with E-state index in [0.29, 0.717) is 34.3 Å². The summed E-state index contributed by atoms with van der Waals surface area (Å²) in [4.78, 5) is 24.4. The highest BCUT2D eigenvalue weighted by Gasteiger charge is 2.27. The highest BCUT2D eigenvalue weighted by atomic mass is 127. The molecule has 0 saturated heterocycles. The van der Waals surface area contributed by atoms with Gasteiger partial charge in [-0.3, -0.25) is 4.57 Å². The summed E-state index contributed by atoms with van der Waals surface area (Å²) in [6, 6.07) is 21.5. The third-order valence-corrected chi connectivity index (χ3v) is 7.67. The molecule has 0 aliphatic rings. The number of nitrogens with one attached hydrogen (secondary N) is 2. The van der Waals surface area contributed by atoms with Crippen LogP contribution in [0.1, 0.15) is 23.1 Å². The number of aromatic amines is 2. The van der Waals surface area contributed by atoms with Crippen molar-refractivity contribution in [2.75, 3.05) is 13.2 Å². The summed E-state index contributed by atoms with van der Waals surface area (Å²) in [5.41, 5.74) is 3.50. The Bertz CT molecular complexity index is 1700. The zero-order valence-corrected chi connectivity index (χ0v) is 24.9. The van der Waals surface area contributed by atoms with E-state index in [1.807, 2.05) is 55.5 Å². The van der Waals surface area contributed by atoms with E-state index in [0.717, 1.165) is 20.4 Å². The maximum absolute atomic E-state index is 13.4. The van der Waals surface area contributed by atoms with Gasteiger partial charge in [-0.15, -0.1) is 0 Å². The normalized spacial score (nSPS) is 12.8. The third kappa shape index (κ3) is 6.35. The number of hydrogen-bond acceptors (Lipinski definition) is 6. The second-order valence-electron chi connectivity index (χ2n) is 9.60. The first-order chi connectivity index (χ1) is 19.7. The number of halogens is 2. The van der Waals surface area contributed by atoms with Crippen LogP contribution < -0.4 is 10.4 Å². The maximum Gasteiger partial charge on any atom is 0.329 e. The fraction of sp³-hybridized carbons (Fsp3) is 0.200. The molecular formula is C30H28ClIN4O5. The van der Waals surface area contributed by atoms with Crippen LogP contribution in [0.5, 0.6) is 11.6 Å². The van der Waals surface area contributed by atoms with Gasteiger partial charge in [0, 0.05) is 26.8 Å². The Hall–Kier alpha value is -3.58. The van der Waals surface area contributed by atoms with Crippen molar-refractivity contribution in [2.24, 2.45) is 0 Å². The third-order valence-electron chi connectivity index (χ3n) is 6.69. The second kappa shape index (κ2) is 12.5. The number of aryl methyl sites for hydroxylation is 1. The largest absolute Gasteiger partial charge is 0.493 e. The van der Waals surface area contributed by atoms with Crippen LogP contribution in [0.25, 0.3) is 22.5 Å². The van der Waals surface area contributed by atoms with E-state index in [1.54, 1.807) is 24.3 Å². The number of aromatic hydroxyl groups is 1. The van der Waals surface area contributed by atoms with Crippen molar-refractivity contribution in [1.29, 1.82) is 0 Å². The van der Waals surface area contributed by atoms with Gasteiger partial charge in [-0.2, -0.15) is 0 Å². The number of imidazole rings is 2. The van der Waals surface area contributed by atoms with Crippen LogP contribution >= 0.6 is 34.2 Å². The van der Waals surface area contributed by atoms with Crippen LogP contribution in [-0.2, 0) is 6.42 Å². The average molecular weight is 687 g/mol. The molecule has 9 nitrogen and oxygen atoms in total. The molecule has 11 heteroatoms. The molecule has 0 unspecified atom stereocenters. The lowest BCUT2D eigenvalue weighted by Crippen LogP contribution is -2.25. The van der Waals surface area contributed by atoms with Crippen LogP contribution in [-0.4, -0.2) is 54.2 Å². The molecule has 2 heterocycles. The first-order valence-corrected chi connectivity index (χ1v) is 14.3. The lowest BCUT2D eigenvalue weighted by Gasteiger charge is -2.17. The Morgan fingerprint density at radius 3 is 2.49 bits per heavy atom. The molecule has 5 aromatic rings. The van der Waals surface area contributed by atoms with Crippen molar-refractivity contribution < 1.29 is 20.1 Å². The van der Waals surface area contributed by atoms with Gasteiger partial charge in [0.1, 0.15) is 36.0 Å². The topological polar surface area (TPSA) is 136 Å². The van der Waals surface area contributed by atoms with E-state index < -0.39 is 24.4 Å². The van der Waals surface area contributed by atoms with Gasteiger partial charge >= 0.3 is 5.69 Å². The Morgan fingerprint density at radius 1 is 1.07 bits per heavy atom. The molecule has 5 rings (SSSR count). The first-order valence-electron chi connectivity index (χ1n) is 12.9. The molecule has 2 aromatic heterocycles. The Labute approximate surface area is 254 Å². The van der Waals surface area contributed by atoms with Crippen molar-refractivity contribution in [3.8, 4) is 34.1 Å². The van der Waals surface area contributed by atoms with Crippen molar-refractivity contribution in [2.45, 2.75) is 25.5 Å². The van der Waals surface area contributed by atoms with Crippen molar-refractivity contribution in [3.05, 3.63) is 109 Å². The fourth-order valence-corrected chi connectivity index (χ4v) is 5.57. The minimum Gasteiger partial charge on any atom is -0.493 e. The fourth-order valence-electron chi connectivity index (χ4n) is 4.63. The van der Waals surface area contributed by atoms with E-state index >= 15 is 0 Å². The molecule has 0 aliphatic heterocycles. The number of aliphatic hydroxyl groups is 2. The average Bonchev–Trinajstić information content (AvgIpc) is 3.49. The first kappa shape index (κ1) is 28.9. The molecule has 0 spiro atoms. The van der Waals surface area contributed by atoms with Crippen LogP contribution in [0, 0.1) is 10.5 Å². The van der Waals surface area contributed by atoms with Gasteiger partial charge in [0.25, 0.3) is 0 Å². The van der Waals surface area contributed by atoms with Crippen LogP contribution in [0.2, 0.25) is 5.02 Å². The summed E-state index contributed by atoms with van der Waals surface area (Å²) in [6.07, 6.45) is -0.601. The minimum absolute atomic E-state index is 0.0621. The molecule has 41 heavy (non-hydrogen) atoms. The summed E-state index contributed by atoms with van der Waals surface area (Å²) >= 11 is 8.76. The molecular weight excluding hydrogens is 659 g/mol. The zero-order valence-electron chi connectivity index (χ0n) is 22.0. The predicted octanol–water partition coefficient (Wildman–Crippen LogP) is 5.07. The molecule has 3 aromatic carbocycles. The van der Waals surface area contributed by atoms with E-state index in [2.05, 4.69) is 32.6 Å². The van der Waals surface area contributed by atoms with Gasteiger partial charge in [-0.1, -0.05) is 48.0 Å². The predicted molar refractivity (Wildman–Crippen MR) is 166 cm³/mol. The summed E-state index contributed by atoms with van der Waals surface area (Å²) in [7, 11) is 0. The highest BCUT2D eigenvalue weighted by molar-refractivity contribution is 14.1. The van der Waals surface area contributed by atoms with Crippen molar-refractivity contribution in [3.63, 3.8) is 0 Å². The number of H-pyrrole nitrogens is 2. The number of rotatable bonds is 10. The summed E-state index contributed by atoms with van der Waals surface area (Å²) in [5.74, 6) is 0.741. The molecule has 0 aliphatic carbocycles. The van der Waals surface area contributed by atoms with Gasteiger partial charge in [-0.25, -0.2) is 9.78 Å². The summed E-state index contributed by atoms with van der Waals surface area (Å²) in [6.45, 7) is 1.43. The standard InChI is InChI=1S/C30H28ClIN4O5/c1-17-26(23-12-9-20(32)14-24(23)31)34-28(33-17)25(13-18-5-3-2-4-6-18)36-29(39)27(35-30(36)40)19-7-10-22(11-8-19)41-16-21(38)15-37/h2-12,14,21,25,37-39H,13,15-16H2,1H3,(H,33,34)(H,35,40)/t21-,25+/m1/s1. The van der Waals surface area contributed by atoms with Gasteiger partial charge in [-0.05, 0) is 71.5 Å². The van der Waals surface area contributed by atoms with Gasteiger partial charge < -0.3 is 30.0 Å². The lowest BCUT2D eigenvalue weighted by atomic mass is 10.0. The van der Waals surface area contributed by atoms with Gasteiger partial charge in [0.05, 0.1) is 17.3 Å². The van der Waals surface area contributed by atoms with Gasteiger partial charge in [0.2, 0.25) is 5.88 Å². The monoisotopic (exact) mass is 686 g/mol. The summed E-state index contributed by atoms with van der Waals surface area (Å²) in [5, 5.41) is 30.5. The molecule has 0 fully saturated rings. The SMILES string of the molecule is Cc1[nH]c([C@H](Cc2ccccc2)n2c(O)c(-c3ccc(OC[C@H](O)CO)cc3)[nH]c2=O)nc1-c1ccc(I)cc1Cl. The molecule has 2 atom stereocenters. The number of benzene rings is 3. The minimum atomic E-state index is -0.988. The zero-order chi connectivity index (χ0) is 29.1. The van der Waals surface area contributed by atoms with Crippen molar-refractivity contribution >= 4 is 34.2 Å². The number of aromatic nitrogens is 4. The molecule has 0 amide bonds. The highest BCUT2D eigenvalue weighted by Crippen LogP contribution is 2.35. The van der Waals surface area contributed by atoms with Crippen LogP contribution in [0.4, 0.5) is 0 Å². The lowest BCUT2D eigenvalue weighted by molar-refractivity contribution is 0.0536. The Morgan fingerprint density at radius 2 is 1.80 bits per heavy atom. The molecule has 0 radical (unpaired) electrons. The van der Waals surface area contributed by atoms with E-state index in [1.165, 1.54) is 4.57 Å². The van der Waals surface area contributed by atoms with Crippen LogP contribution in [0.3, 0.4) is 0 Å². The van der Waals surface area contributed by atoms with E-state index in [4.69, 9.17) is 26.4 Å². The molecule has 0 saturated carbocycles. The number of ether oxygens (including phenoxy) is 1. The number of aliphatic hydroxyl groups excluding tert-OH is 2. The molecule has 212 valence electrons. The second-order valence-corrected chi connectivity index (χ2v) is 11.2.